The van der Waals surface area contributed by atoms with Crippen LogP contribution in [0.4, 0.5) is 0 Å². The van der Waals surface area contributed by atoms with Gasteiger partial charge in [-0.3, -0.25) is 15.0 Å². The number of nitrogens with two attached hydrogens (primary N) is 3. The molecular weight excluding hydrogens is 148 g/mol. The van der Waals surface area contributed by atoms with E-state index in [1.165, 1.54) is 0 Å². The zero-order valence-corrected chi connectivity index (χ0v) is 6.04. The number of rotatable bonds is 4. The van der Waals surface area contributed by atoms with Crippen LogP contribution in [0.1, 0.15) is 12.8 Å². The van der Waals surface area contributed by atoms with E-state index in [0.717, 1.165) is 0 Å². The highest BCUT2D eigenvalue weighted by molar-refractivity contribution is 5.82. The Kier molecular flexibility index (Phi) is 4.16. The van der Waals surface area contributed by atoms with E-state index in [1.54, 1.807) is 0 Å². The third kappa shape index (κ3) is 4.29. The van der Waals surface area contributed by atoms with Crippen molar-refractivity contribution in [1.82, 2.24) is 5.43 Å². The van der Waals surface area contributed by atoms with Crippen molar-refractivity contribution in [3.63, 3.8) is 0 Å². The summed E-state index contributed by atoms with van der Waals surface area (Å²) < 4.78 is 0. The van der Waals surface area contributed by atoms with Crippen LogP contribution >= 0.6 is 0 Å². The molecule has 11 heavy (non-hydrogen) atoms. The molecule has 0 radical (unpaired) electrons. The van der Waals surface area contributed by atoms with Gasteiger partial charge in [-0.1, -0.05) is 0 Å². The summed E-state index contributed by atoms with van der Waals surface area (Å²) >= 11 is 0. The normalized spacial score (nSPS) is 12.2. The van der Waals surface area contributed by atoms with Gasteiger partial charge in [0, 0.05) is 6.42 Å². The molecule has 0 aromatic heterocycles. The van der Waals surface area contributed by atoms with Crippen LogP contribution in [0.5, 0.6) is 0 Å². The Morgan fingerprint density at radius 1 is 1.45 bits per heavy atom. The Morgan fingerprint density at radius 2 is 2.00 bits per heavy atom. The minimum absolute atomic E-state index is 0.0919. The Hall–Kier alpha value is -1.14. The highest BCUT2D eigenvalue weighted by Gasteiger charge is 2.11. The van der Waals surface area contributed by atoms with Crippen LogP contribution in [0.25, 0.3) is 0 Å². The zero-order valence-electron chi connectivity index (χ0n) is 6.04. The molecule has 0 saturated heterocycles. The first-order chi connectivity index (χ1) is 5.07. The van der Waals surface area contributed by atoms with E-state index in [9.17, 15) is 9.59 Å². The highest BCUT2D eigenvalue weighted by Crippen LogP contribution is 1.92. The predicted molar refractivity (Wildman–Crippen MR) is 38.7 cm³/mol. The first-order valence-electron chi connectivity index (χ1n) is 3.12. The molecule has 0 heterocycles. The van der Waals surface area contributed by atoms with E-state index in [2.05, 4.69) is 0 Å². The molecule has 0 bridgehead atoms. The van der Waals surface area contributed by atoms with Crippen molar-refractivity contribution in [2.45, 2.75) is 18.9 Å². The standard InChI is InChI=1S/C5H12N4O2/c6-3(5(11)9-8)1-2-4(7)10/h3H,1-2,6,8H2,(H2,7,10)(H,9,11)/t3-/m1/s1. The van der Waals surface area contributed by atoms with Crippen LogP contribution in [-0.2, 0) is 9.59 Å². The number of hydrogen-bond donors (Lipinski definition) is 4. The molecule has 6 heteroatoms. The average Bonchev–Trinajstić information content (AvgIpc) is 1.98. The lowest BCUT2D eigenvalue weighted by molar-refractivity contribution is -0.122. The molecule has 2 amide bonds. The van der Waals surface area contributed by atoms with Gasteiger partial charge < -0.3 is 11.5 Å². The van der Waals surface area contributed by atoms with Crippen molar-refractivity contribution in [3.8, 4) is 0 Å². The van der Waals surface area contributed by atoms with Crippen LogP contribution < -0.4 is 22.7 Å². The number of amides is 2. The topological polar surface area (TPSA) is 124 Å². The molecule has 0 aliphatic heterocycles. The molecule has 0 saturated carbocycles. The number of primary amides is 1. The largest absolute Gasteiger partial charge is 0.370 e. The van der Waals surface area contributed by atoms with Gasteiger partial charge >= 0.3 is 0 Å². The number of hydrazine groups is 1. The first kappa shape index (κ1) is 9.86. The minimum atomic E-state index is -0.757. The summed E-state index contributed by atoms with van der Waals surface area (Å²) in [5, 5.41) is 0. The third-order valence-electron chi connectivity index (χ3n) is 1.18. The number of carbonyl (C=O) groups is 2. The molecule has 7 N–H and O–H groups in total. The monoisotopic (exact) mass is 160 g/mol. The minimum Gasteiger partial charge on any atom is -0.370 e. The summed E-state index contributed by atoms with van der Waals surface area (Å²) in [6.45, 7) is 0. The van der Waals surface area contributed by atoms with Gasteiger partial charge in [0.15, 0.2) is 0 Å². The lowest BCUT2D eigenvalue weighted by atomic mass is 10.1. The maximum atomic E-state index is 10.6. The second-order valence-corrected chi connectivity index (χ2v) is 2.12. The van der Waals surface area contributed by atoms with E-state index in [1.807, 2.05) is 5.43 Å². The van der Waals surface area contributed by atoms with E-state index < -0.39 is 17.9 Å². The molecule has 0 aromatic rings. The second-order valence-electron chi connectivity index (χ2n) is 2.12. The Labute approximate surface area is 64.1 Å². The fourth-order valence-electron chi connectivity index (χ4n) is 0.536. The van der Waals surface area contributed by atoms with Crippen molar-refractivity contribution < 1.29 is 9.59 Å². The zero-order chi connectivity index (χ0) is 8.85. The van der Waals surface area contributed by atoms with Gasteiger partial charge in [-0.05, 0) is 6.42 Å². The van der Waals surface area contributed by atoms with E-state index in [0.29, 0.717) is 0 Å². The molecule has 0 fully saturated rings. The molecule has 6 nitrogen and oxygen atoms in total. The fourth-order valence-corrected chi connectivity index (χ4v) is 0.536. The van der Waals surface area contributed by atoms with Crippen LogP contribution in [-0.4, -0.2) is 17.9 Å². The van der Waals surface area contributed by atoms with Gasteiger partial charge in [-0.2, -0.15) is 0 Å². The summed E-state index contributed by atoms with van der Waals surface area (Å²) in [7, 11) is 0. The van der Waals surface area contributed by atoms with Crippen LogP contribution in [0.2, 0.25) is 0 Å². The molecule has 1 atom stereocenters. The van der Waals surface area contributed by atoms with Gasteiger partial charge in [-0.15, -0.1) is 0 Å². The molecule has 0 aliphatic carbocycles. The Bertz CT molecular complexity index is 159. The summed E-state index contributed by atoms with van der Waals surface area (Å²) in [5.41, 5.74) is 12.0. The summed E-state index contributed by atoms with van der Waals surface area (Å²) in [4.78, 5) is 20.8. The van der Waals surface area contributed by atoms with Crippen molar-refractivity contribution in [2.24, 2.45) is 17.3 Å². The second kappa shape index (κ2) is 4.64. The van der Waals surface area contributed by atoms with Crippen molar-refractivity contribution >= 4 is 11.8 Å². The SMILES string of the molecule is NNC(=O)[C@H](N)CCC(N)=O. The van der Waals surface area contributed by atoms with Crippen LogP contribution in [0, 0.1) is 0 Å². The van der Waals surface area contributed by atoms with Gasteiger partial charge in [-0.25, -0.2) is 5.84 Å². The van der Waals surface area contributed by atoms with Crippen molar-refractivity contribution in [3.05, 3.63) is 0 Å². The molecule has 0 unspecified atom stereocenters. The van der Waals surface area contributed by atoms with E-state index >= 15 is 0 Å². The van der Waals surface area contributed by atoms with E-state index in [-0.39, 0.29) is 12.8 Å². The number of nitrogens with one attached hydrogen (secondary N) is 1. The van der Waals surface area contributed by atoms with Crippen LogP contribution in [0.3, 0.4) is 0 Å². The Morgan fingerprint density at radius 3 is 2.36 bits per heavy atom. The van der Waals surface area contributed by atoms with Gasteiger partial charge in [0.2, 0.25) is 5.91 Å². The fraction of sp³-hybridized carbons (Fsp3) is 0.600. The lowest BCUT2D eigenvalue weighted by Gasteiger charge is -2.06. The lowest BCUT2D eigenvalue weighted by Crippen LogP contribution is -2.44. The smallest absolute Gasteiger partial charge is 0.250 e. The van der Waals surface area contributed by atoms with Crippen LogP contribution in [0.15, 0.2) is 0 Å². The summed E-state index contributed by atoms with van der Waals surface area (Å²) in [6.07, 6.45) is 0.312. The molecule has 64 valence electrons. The molecule has 0 aromatic carbocycles. The van der Waals surface area contributed by atoms with Gasteiger partial charge in [0.1, 0.15) is 0 Å². The van der Waals surface area contributed by atoms with Crippen molar-refractivity contribution in [2.75, 3.05) is 0 Å². The molecule has 0 spiro atoms. The predicted octanol–water partition coefficient (Wildman–Crippen LogP) is -2.43. The number of hydrogen-bond acceptors (Lipinski definition) is 4. The maximum absolute atomic E-state index is 10.6. The number of carbonyl (C=O) groups excluding carboxylic acids is 2. The first-order valence-corrected chi connectivity index (χ1v) is 3.12. The highest BCUT2D eigenvalue weighted by atomic mass is 16.2. The maximum Gasteiger partial charge on any atom is 0.250 e. The Balaban J connectivity index is 3.60. The quantitative estimate of drug-likeness (QED) is 0.207. The molecule has 0 aliphatic rings. The van der Waals surface area contributed by atoms with Crippen molar-refractivity contribution in [1.29, 1.82) is 0 Å². The van der Waals surface area contributed by atoms with Gasteiger partial charge in [0.05, 0.1) is 6.04 Å². The molecular formula is C5H12N4O2. The average molecular weight is 160 g/mol. The third-order valence-corrected chi connectivity index (χ3v) is 1.18. The summed E-state index contributed by atoms with van der Waals surface area (Å²) in [5.74, 6) is 3.81. The molecule has 0 rings (SSSR count). The van der Waals surface area contributed by atoms with Gasteiger partial charge in [0.25, 0.3) is 5.91 Å². The van der Waals surface area contributed by atoms with E-state index in [4.69, 9.17) is 17.3 Å². The summed E-state index contributed by atoms with van der Waals surface area (Å²) in [6, 6.07) is -0.757.